The number of hydrogen-bond donors (Lipinski definition) is 1. The van der Waals surface area contributed by atoms with Gasteiger partial charge in [-0.25, -0.2) is 4.98 Å². The predicted molar refractivity (Wildman–Crippen MR) is 113 cm³/mol. The number of fused-ring (bicyclic) bond motifs is 2. The highest BCUT2D eigenvalue weighted by Gasteiger charge is 2.17. The van der Waals surface area contributed by atoms with Crippen molar-refractivity contribution < 1.29 is 9.90 Å². The first-order chi connectivity index (χ1) is 14.1. The first-order valence-electron chi connectivity index (χ1n) is 9.76. The number of benzene rings is 2. The van der Waals surface area contributed by atoms with E-state index in [1.807, 2.05) is 64.6 Å². The molecule has 0 aliphatic heterocycles. The van der Waals surface area contributed by atoms with Crippen LogP contribution in [0.15, 0.2) is 58.8 Å². The van der Waals surface area contributed by atoms with Crippen LogP contribution in [0.5, 0.6) is 5.88 Å². The van der Waals surface area contributed by atoms with Crippen LogP contribution in [0, 0.1) is 6.92 Å². The molecule has 0 atom stereocenters. The van der Waals surface area contributed by atoms with Crippen LogP contribution in [0.3, 0.4) is 0 Å². The molecule has 7 nitrogen and oxygen atoms in total. The molecule has 0 saturated carbocycles. The smallest absolute Gasteiger partial charge is 0.284 e. The lowest BCUT2D eigenvalue weighted by molar-refractivity contribution is -0.118. The Morgan fingerprint density at radius 1 is 1.07 bits per heavy atom. The monoisotopic (exact) mass is 389 g/mol. The van der Waals surface area contributed by atoms with Crippen LogP contribution in [-0.4, -0.2) is 25.1 Å². The minimum atomic E-state index is -0.402. The first kappa shape index (κ1) is 18.9. The molecule has 0 aliphatic carbocycles. The summed E-state index contributed by atoms with van der Waals surface area (Å²) in [7, 11) is 0. The number of carbonyl (C=O) groups excluding carboxylic acids is 1. The molecule has 2 aromatic carbocycles. The van der Waals surface area contributed by atoms with Crippen molar-refractivity contribution in [3.05, 3.63) is 54.4 Å². The second-order valence-electron chi connectivity index (χ2n) is 7.02. The molecule has 0 spiro atoms. The number of nitrogens with zero attached hydrogens (tertiary/aromatic N) is 5. The Kier molecular flexibility index (Phi) is 5.12. The van der Waals surface area contributed by atoms with Crippen molar-refractivity contribution in [1.82, 2.24) is 14.1 Å². The van der Waals surface area contributed by atoms with Gasteiger partial charge in [0, 0.05) is 11.9 Å². The van der Waals surface area contributed by atoms with Crippen molar-refractivity contribution in [2.45, 2.75) is 39.8 Å². The zero-order chi connectivity index (χ0) is 20.4. The maximum atomic E-state index is 12.5. The molecule has 0 fully saturated rings. The normalized spacial score (nSPS) is 11.8. The van der Waals surface area contributed by atoms with Gasteiger partial charge >= 0.3 is 0 Å². The average molecular weight is 389 g/mol. The molecule has 1 N–H and O–H groups in total. The molecule has 0 bridgehead atoms. The van der Waals surface area contributed by atoms with E-state index in [-0.39, 0.29) is 12.4 Å². The maximum absolute atomic E-state index is 12.5. The number of aromatic hydroxyl groups is 1. The quantitative estimate of drug-likeness (QED) is 0.465. The van der Waals surface area contributed by atoms with E-state index in [2.05, 4.69) is 22.1 Å². The first-order valence-corrected chi connectivity index (χ1v) is 9.76. The number of aromatic nitrogens is 3. The molecule has 29 heavy (non-hydrogen) atoms. The highest BCUT2D eigenvalue weighted by molar-refractivity contribution is 5.95. The van der Waals surface area contributed by atoms with E-state index in [9.17, 15) is 9.90 Å². The second kappa shape index (κ2) is 7.87. The maximum Gasteiger partial charge on any atom is 0.284 e. The Morgan fingerprint density at radius 3 is 2.59 bits per heavy atom. The highest BCUT2D eigenvalue weighted by atomic mass is 16.3. The Bertz CT molecular complexity index is 1220. The predicted octanol–water partition coefficient (Wildman–Crippen LogP) is 5.12. The van der Waals surface area contributed by atoms with Gasteiger partial charge in [0.25, 0.3) is 5.91 Å². The van der Waals surface area contributed by atoms with Gasteiger partial charge in [0.1, 0.15) is 12.4 Å². The molecule has 2 heterocycles. The summed E-state index contributed by atoms with van der Waals surface area (Å²) in [4.78, 5) is 17.0. The number of aryl methyl sites for hydroxylation is 2. The minimum absolute atomic E-state index is 0.0421. The Balaban J connectivity index is 1.63. The van der Waals surface area contributed by atoms with Gasteiger partial charge in [0.2, 0.25) is 5.88 Å². The molecule has 2 aromatic heterocycles. The van der Waals surface area contributed by atoms with Gasteiger partial charge in [-0.05, 0) is 31.5 Å². The summed E-state index contributed by atoms with van der Waals surface area (Å²) < 4.78 is 3.65. The van der Waals surface area contributed by atoms with E-state index in [0.717, 1.165) is 40.6 Å². The third kappa shape index (κ3) is 3.51. The molecule has 148 valence electrons. The van der Waals surface area contributed by atoms with E-state index >= 15 is 0 Å². The largest absolute Gasteiger partial charge is 0.493 e. The minimum Gasteiger partial charge on any atom is -0.493 e. The number of amides is 1. The van der Waals surface area contributed by atoms with E-state index < -0.39 is 5.91 Å². The molecule has 4 aromatic rings. The van der Waals surface area contributed by atoms with Crippen molar-refractivity contribution in [2.75, 3.05) is 0 Å². The van der Waals surface area contributed by atoms with Crippen LogP contribution >= 0.6 is 0 Å². The summed E-state index contributed by atoms with van der Waals surface area (Å²) in [6.45, 7) is 4.69. The van der Waals surface area contributed by atoms with Crippen LogP contribution in [0.2, 0.25) is 0 Å². The van der Waals surface area contributed by atoms with Crippen LogP contribution in [-0.2, 0) is 17.9 Å². The van der Waals surface area contributed by atoms with Crippen LogP contribution in [0.1, 0.15) is 25.6 Å². The van der Waals surface area contributed by atoms with Gasteiger partial charge in [-0.15, -0.1) is 10.2 Å². The molecular formula is C22H23N5O2. The van der Waals surface area contributed by atoms with Crippen LogP contribution in [0.25, 0.3) is 21.9 Å². The number of unbranched alkanes of at least 4 members (excludes halogenated alkanes) is 1. The van der Waals surface area contributed by atoms with Crippen molar-refractivity contribution in [3.8, 4) is 5.88 Å². The van der Waals surface area contributed by atoms with E-state index in [1.54, 1.807) is 0 Å². The standard InChI is InChI=1S/C22H23N5O2/c1-3-4-13-26-18-11-7-5-9-16(18)21(22(26)29)25-24-20(28)14-27-15(2)23-17-10-6-8-12-19(17)27/h5-12,29H,3-4,13-14H2,1-2H3. The number of carbonyl (C=O) groups is 1. The molecule has 0 radical (unpaired) electrons. The molecule has 0 unspecified atom stereocenters. The Labute approximate surface area is 168 Å². The lowest BCUT2D eigenvalue weighted by atomic mass is 10.2. The summed E-state index contributed by atoms with van der Waals surface area (Å²) in [5.41, 5.74) is 2.94. The fraction of sp³-hybridized carbons (Fsp3) is 0.273. The zero-order valence-corrected chi connectivity index (χ0v) is 16.5. The topological polar surface area (TPSA) is 84.8 Å². The zero-order valence-electron chi connectivity index (χ0n) is 16.5. The second-order valence-corrected chi connectivity index (χ2v) is 7.02. The van der Waals surface area contributed by atoms with Gasteiger partial charge in [0.15, 0.2) is 5.69 Å². The van der Waals surface area contributed by atoms with E-state index in [4.69, 9.17) is 0 Å². The third-order valence-corrected chi connectivity index (χ3v) is 5.05. The number of hydrogen-bond acceptors (Lipinski definition) is 4. The van der Waals surface area contributed by atoms with E-state index in [1.165, 1.54) is 0 Å². The number of azo groups is 1. The average Bonchev–Trinajstić information content (AvgIpc) is 3.18. The van der Waals surface area contributed by atoms with Crippen LogP contribution in [0.4, 0.5) is 5.69 Å². The summed E-state index contributed by atoms with van der Waals surface area (Å²) >= 11 is 0. The van der Waals surface area contributed by atoms with Crippen molar-refractivity contribution >= 4 is 33.5 Å². The SMILES string of the molecule is CCCCn1c(O)c(N=NC(=O)Cn2c(C)nc3ccccc32)c2ccccc21. The third-order valence-electron chi connectivity index (χ3n) is 5.05. The summed E-state index contributed by atoms with van der Waals surface area (Å²) in [6, 6.07) is 15.3. The van der Waals surface area contributed by atoms with Crippen LogP contribution < -0.4 is 0 Å². The number of para-hydroxylation sites is 3. The number of imidazole rings is 1. The molecule has 1 amide bonds. The summed E-state index contributed by atoms with van der Waals surface area (Å²) in [5.74, 6) is 0.385. The molecule has 4 rings (SSSR count). The lowest BCUT2D eigenvalue weighted by Crippen LogP contribution is -2.08. The molecule has 7 heteroatoms. The summed E-state index contributed by atoms with van der Waals surface area (Å²) in [5, 5.41) is 19.5. The van der Waals surface area contributed by atoms with Gasteiger partial charge in [-0.3, -0.25) is 4.79 Å². The fourth-order valence-corrected chi connectivity index (χ4v) is 3.58. The fourth-order valence-electron chi connectivity index (χ4n) is 3.58. The van der Waals surface area contributed by atoms with Crippen molar-refractivity contribution in [1.29, 1.82) is 0 Å². The molecule has 0 saturated heterocycles. The van der Waals surface area contributed by atoms with E-state index in [0.29, 0.717) is 12.2 Å². The highest BCUT2D eigenvalue weighted by Crippen LogP contribution is 2.39. The molecular weight excluding hydrogens is 366 g/mol. The van der Waals surface area contributed by atoms with Gasteiger partial charge in [0.05, 0.1) is 16.6 Å². The molecule has 0 aliphatic rings. The van der Waals surface area contributed by atoms with Crippen molar-refractivity contribution in [2.24, 2.45) is 10.2 Å². The lowest BCUT2D eigenvalue weighted by Gasteiger charge is -2.05. The van der Waals surface area contributed by atoms with Gasteiger partial charge in [-0.1, -0.05) is 43.7 Å². The Hall–Kier alpha value is -3.48. The Morgan fingerprint density at radius 2 is 1.79 bits per heavy atom. The summed E-state index contributed by atoms with van der Waals surface area (Å²) in [6.07, 6.45) is 1.95. The number of rotatable bonds is 6. The van der Waals surface area contributed by atoms with Gasteiger partial charge in [-0.2, -0.15) is 0 Å². The van der Waals surface area contributed by atoms with Gasteiger partial charge < -0.3 is 14.2 Å². The van der Waals surface area contributed by atoms with Crippen molar-refractivity contribution in [3.63, 3.8) is 0 Å².